The molecule has 0 amide bonds. The van der Waals surface area contributed by atoms with Crippen LogP contribution in [0, 0.1) is 7.11 Å². The van der Waals surface area contributed by atoms with Gasteiger partial charge in [-0.3, -0.25) is 4.18 Å². The quantitative estimate of drug-likeness (QED) is 0.521. The van der Waals surface area contributed by atoms with Crippen molar-refractivity contribution in [2.24, 2.45) is 0 Å². The van der Waals surface area contributed by atoms with Crippen LogP contribution in [0.2, 0.25) is 0 Å². The monoisotopic (exact) mass is 137 g/mol. The molecule has 0 N–H and O–H groups in total. The fourth-order valence-electron chi connectivity index (χ4n) is 0.136. The zero-order chi connectivity index (χ0) is 6.78. The largest absolute Gasteiger partial charge is 0.269 e. The minimum Gasteiger partial charge on any atom is -0.267 e. The summed E-state index contributed by atoms with van der Waals surface area (Å²) in [4.78, 5) is 0. The molecule has 4 heteroatoms. The minimum absolute atomic E-state index is 0.500. The Labute approximate surface area is 49.8 Å². The van der Waals surface area contributed by atoms with Crippen LogP contribution in [0.5, 0.6) is 0 Å². The van der Waals surface area contributed by atoms with E-state index in [-0.39, 0.29) is 0 Å². The molecule has 8 heavy (non-hydrogen) atoms. The van der Waals surface area contributed by atoms with Crippen LogP contribution in [-0.2, 0) is 14.3 Å². The molecular formula is C4H9O3S. The Kier molecular flexibility index (Phi) is 2.43. The molecule has 0 unspecified atom stereocenters. The van der Waals surface area contributed by atoms with Crippen LogP contribution in [-0.4, -0.2) is 13.7 Å². The average Bonchev–Trinajstić information content (AvgIpc) is 1.67. The van der Waals surface area contributed by atoms with Gasteiger partial charge in [-0.05, 0) is 13.8 Å². The Morgan fingerprint density at radius 1 is 1.50 bits per heavy atom. The van der Waals surface area contributed by atoms with E-state index in [2.05, 4.69) is 11.3 Å². The van der Waals surface area contributed by atoms with E-state index in [4.69, 9.17) is 0 Å². The van der Waals surface area contributed by atoms with Gasteiger partial charge in [-0.1, -0.05) is 0 Å². The molecule has 0 spiro atoms. The molecular weight excluding hydrogens is 128 g/mol. The van der Waals surface area contributed by atoms with E-state index in [0.29, 0.717) is 0 Å². The summed E-state index contributed by atoms with van der Waals surface area (Å²) in [7, 11) is -0.557. The van der Waals surface area contributed by atoms with Crippen LogP contribution < -0.4 is 0 Å². The van der Waals surface area contributed by atoms with Gasteiger partial charge in [0.2, 0.25) is 0 Å². The molecule has 0 aliphatic carbocycles. The maximum Gasteiger partial charge on any atom is 0.269 e. The lowest BCUT2D eigenvalue weighted by Gasteiger charge is -2.01. The van der Waals surface area contributed by atoms with Crippen LogP contribution in [0.25, 0.3) is 0 Å². The third-order valence-corrected chi connectivity index (χ3v) is 2.22. The lowest BCUT2D eigenvalue weighted by atomic mass is 10.6. The molecule has 0 aliphatic heterocycles. The van der Waals surface area contributed by atoms with Gasteiger partial charge in [-0.15, -0.1) is 0 Å². The summed E-state index contributed by atoms with van der Waals surface area (Å²) in [5.74, 6) is 0. The normalized spacial score (nSPS) is 12.5. The lowest BCUT2D eigenvalue weighted by Crippen LogP contribution is -2.13. The molecule has 0 saturated carbocycles. The van der Waals surface area contributed by atoms with Gasteiger partial charge in [0, 0.05) is 0 Å². The molecule has 0 bridgehead atoms. The van der Waals surface area contributed by atoms with Crippen molar-refractivity contribution in [3.05, 3.63) is 7.11 Å². The molecule has 1 radical (unpaired) electrons. The first kappa shape index (κ1) is 7.91. The Morgan fingerprint density at radius 2 is 1.88 bits per heavy atom. The Hall–Kier alpha value is -0.0900. The lowest BCUT2D eigenvalue weighted by molar-refractivity contribution is 0.430. The van der Waals surface area contributed by atoms with Crippen LogP contribution in [0.3, 0.4) is 0 Å². The predicted molar refractivity (Wildman–Crippen MR) is 30.5 cm³/mol. The minimum atomic E-state index is -3.35. The number of hydrogen-bond acceptors (Lipinski definition) is 3. The van der Waals surface area contributed by atoms with Crippen LogP contribution in [0.15, 0.2) is 0 Å². The standard InChI is InChI=1S/C4H9O3S/c1-4(2)8(5,6)7-3/h4H,3H2,1-2H3. The summed E-state index contributed by atoms with van der Waals surface area (Å²) in [5.41, 5.74) is 0. The Balaban J connectivity index is 4.17. The summed E-state index contributed by atoms with van der Waals surface area (Å²) < 4.78 is 24.8. The van der Waals surface area contributed by atoms with Gasteiger partial charge in [0.05, 0.1) is 12.4 Å². The second kappa shape index (κ2) is 2.46. The van der Waals surface area contributed by atoms with E-state index in [1.54, 1.807) is 0 Å². The average molecular weight is 137 g/mol. The number of hydrogen-bond donors (Lipinski definition) is 0. The first-order valence-electron chi connectivity index (χ1n) is 2.18. The molecule has 0 aliphatic rings. The van der Waals surface area contributed by atoms with E-state index >= 15 is 0 Å². The second-order valence-corrected chi connectivity index (χ2v) is 3.82. The second-order valence-electron chi connectivity index (χ2n) is 1.66. The van der Waals surface area contributed by atoms with E-state index in [9.17, 15) is 8.42 Å². The van der Waals surface area contributed by atoms with Crippen molar-refractivity contribution in [2.75, 3.05) is 0 Å². The third-order valence-electron chi connectivity index (χ3n) is 0.742. The molecule has 0 heterocycles. The van der Waals surface area contributed by atoms with Gasteiger partial charge in [0.15, 0.2) is 0 Å². The first-order valence-corrected chi connectivity index (χ1v) is 3.65. The highest BCUT2D eigenvalue weighted by Crippen LogP contribution is 1.99. The maximum atomic E-state index is 10.4. The summed E-state index contributed by atoms with van der Waals surface area (Å²) in [6.45, 7) is 3.06. The number of rotatable bonds is 2. The maximum absolute atomic E-state index is 10.4. The first-order chi connectivity index (χ1) is 3.50. The summed E-state index contributed by atoms with van der Waals surface area (Å²) in [6, 6.07) is 0. The zero-order valence-corrected chi connectivity index (χ0v) is 5.73. The fourth-order valence-corrected chi connectivity index (χ4v) is 0.408. The molecule has 3 nitrogen and oxygen atoms in total. The molecule has 0 aromatic heterocycles. The van der Waals surface area contributed by atoms with Crippen molar-refractivity contribution in [1.82, 2.24) is 0 Å². The van der Waals surface area contributed by atoms with Gasteiger partial charge in [0.1, 0.15) is 0 Å². The summed E-state index contributed by atoms with van der Waals surface area (Å²) >= 11 is 0. The summed E-state index contributed by atoms with van der Waals surface area (Å²) in [5, 5.41) is -0.500. The third kappa shape index (κ3) is 1.79. The molecule has 49 valence electrons. The Bertz CT molecular complexity index is 145. The highest BCUT2D eigenvalue weighted by Gasteiger charge is 2.12. The van der Waals surface area contributed by atoms with Crippen LogP contribution in [0.1, 0.15) is 13.8 Å². The van der Waals surface area contributed by atoms with Gasteiger partial charge < -0.3 is 0 Å². The highest BCUT2D eigenvalue weighted by molar-refractivity contribution is 7.87. The van der Waals surface area contributed by atoms with Crippen molar-refractivity contribution in [3.8, 4) is 0 Å². The van der Waals surface area contributed by atoms with Gasteiger partial charge >= 0.3 is 0 Å². The molecule has 0 rings (SSSR count). The van der Waals surface area contributed by atoms with Crippen molar-refractivity contribution in [3.63, 3.8) is 0 Å². The fraction of sp³-hybridized carbons (Fsp3) is 0.750. The van der Waals surface area contributed by atoms with Crippen LogP contribution >= 0.6 is 0 Å². The predicted octanol–water partition coefficient (Wildman–Crippen LogP) is 0.533. The van der Waals surface area contributed by atoms with Gasteiger partial charge in [-0.2, -0.15) is 8.42 Å². The Morgan fingerprint density at radius 3 is 1.88 bits per heavy atom. The van der Waals surface area contributed by atoms with Crippen molar-refractivity contribution in [1.29, 1.82) is 0 Å². The van der Waals surface area contributed by atoms with Crippen molar-refractivity contribution in [2.45, 2.75) is 19.1 Å². The molecule has 0 aromatic rings. The zero-order valence-electron chi connectivity index (χ0n) is 4.92. The van der Waals surface area contributed by atoms with E-state index in [1.165, 1.54) is 13.8 Å². The smallest absolute Gasteiger partial charge is 0.267 e. The highest BCUT2D eigenvalue weighted by atomic mass is 32.2. The topological polar surface area (TPSA) is 43.4 Å². The molecule has 0 atom stereocenters. The van der Waals surface area contributed by atoms with E-state index < -0.39 is 15.4 Å². The van der Waals surface area contributed by atoms with Crippen molar-refractivity contribution < 1.29 is 12.6 Å². The molecule has 0 aromatic carbocycles. The van der Waals surface area contributed by atoms with E-state index in [0.717, 1.165) is 0 Å². The molecule has 0 fully saturated rings. The van der Waals surface area contributed by atoms with Gasteiger partial charge in [-0.25, -0.2) is 0 Å². The summed E-state index contributed by atoms with van der Waals surface area (Å²) in [6.07, 6.45) is 0. The molecule has 0 saturated heterocycles. The van der Waals surface area contributed by atoms with E-state index in [1.807, 2.05) is 0 Å². The SMILES string of the molecule is [CH2]OS(=O)(=O)C(C)C. The van der Waals surface area contributed by atoms with Crippen LogP contribution in [0.4, 0.5) is 0 Å². The van der Waals surface area contributed by atoms with Crippen molar-refractivity contribution >= 4 is 10.1 Å². The van der Waals surface area contributed by atoms with Gasteiger partial charge in [0.25, 0.3) is 10.1 Å².